The van der Waals surface area contributed by atoms with E-state index in [9.17, 15) is 0 Å². The monoisotopic (exact) mass is 191 g/mol. The molecular formula is C10H9NOS. The van der Waals surface area contributed by atoms with Crippen LogP contribution in [-0.4, -0.2) is 4.98 Å². The average Bonchev–Trinajstić information content (AvgIpc) is 2.61. The van der Waals surface area contributed by atoms with Crippen molar-refractivity contribution in [3.8, 4) is 10.9 Å². The van der Waals surface area contributed by atoms with Crippen LogP contribution >= 0.6 is 11.3 Å². The first-order valence-corrected chi connectivity index (χ1v) is 4.87. The second kappa shape index (κ2) is 3.58. The Labute approximate surface area is 80.8 Å². The van der Waals surface area contributed by atoms with Crippen molar-refractivity contribution >= 4 is 11.3 Å². The van der Waals surface area contributed by atoms with Gasteiger partial charge in [0.05, 0.1) is 0 Å². The van der Waals surface area contributed by atoms with Crippen LogP contribution in [0.25, 0.3) is 0 Å². The lowest BCUT2D eigenvalue weighted by molar-refractivity contribution is 0.475. The molecule has 0 aliphatic heterocycles. The van der Waals surface area contributed by atoms with E-state index < -0.39 is 0 Å². The summed E-state index contributed by atoms with van der Waals surface area (Å²) in [6.07, 6.45) is 1.73. The van der Waals surface area contributed by atoms with Gasteiger partial charge in [-0.05, 0) is 18.6 Å². The maximum absolute atomic E-state index is 5.56. The molecule has 0 spiro atoms. The summed E-state index contributed by atoms with van der Waals surface area (Å²) in [4.78, 5) is 4.05. The van der Waals surface area contributed by atoms with Gasteiger partial charge in [-0.15, -0.1) is 0 Å². The van der Waals surface area contributed by atoms with E-state index in [0.29, 0.717) is 5.19 Å². The second-order valence-electron chi connectivity index (χ2n) is 2.67. The largest absolute Gasteiger partial charge is 0.431 e. The summed E-state index contributed by atoms with van der Waals surface area (Å²) in [5.74, 6) is 0.873. The van der Waals surface area contributed by atoms with Crippen molar-refractivity contribution < 1.29 is 4.74 Å². The molecule has 0 aliphatic rings. The lowest BCUT2D eigenvalue weighted by Gasteiger charge is -2.03. The number of hydrogen-bond donors (Lipinski definition) is 0. The minimum Gasteiger partial charge on any atom is -0.431 e. The minimum atomic E-state index is 0.689. The molecule has 0 fully saturated rings. The molecule has 0 unspecified atom stereocenters. The summed E-state index contributed by atoms with van der Waals surface area (Å²) in [7, 11) is 0. The minimum absolute atomic E-state index is 0.689. The predicted octanol–water partition coefficient (Wildman–Crippen LogP) is 3.24. The molecule has 1 aromatic carbocycles. The fraction of sp³-hybridized carbons (Fsp3) is 0.100. The Balaban J connectivity index is 2.24. The van der Waals surface area contributed by atoms with E-state index in [1.54, 1.807) is 6.20 Å². The highest BCUT2D eigenvalue weighted by Gasteiger charge is 2.00. The smallest absolute Gasteiger partial charge is 0.278 e. The number of nitrogens with zero attached hydrogens (tertiary/aromatic N) is 1. The molecule has 13 heavy (non-hydrogen) atoms. The van der Waals surface area contributed by atoms with E-state index in [-0.39, 0.29) is 0 Å². The Kier molecular flexibility index (Phi) is 2.27. The third-order valence-corrected chi connectivity index (χ3v) is 2.35. The molecule has 0 atom stereocenters. The highest BCUT2D eigenvalue weighted by atomic mass is 32.1. The fourth-order valence-corrected chi connectivity index (χ4v) is 1.52. The number of aryl methyl sites for hydroxylation is 1. The van der Waals surface area contributed by atoms with Gasteiger partial charge in [-0.2, -0.15) is 0 Å². The molecule has 66 valence electrons. The first-order chi connectivity index (χ1) is 6.36. The lowest BCUT2D eigenvalue weighted by atomic mass is 10.2. The van der Waals surface area contributed by atoms with Crippen molar-refractivity contribution in [1.82, 2.24) is 4.98 Å². The number of para-hydroxylation sites is 1. The van der Waals surface area contributed by atoms with Crippen molar-refractivity contribution in [3.63, 3.8) is 0 Å². The maximum atomic E-state index is 5.56. The van der Waals surface area contributed by atoms with E-state index in [2.05, 4.69) is 4.98 Å². The molecule has 2 aromatic rings. The van der Waals surface area contributed by atoms with Crippen LogP contribution in [0.1, 0.15) is 5.56 Å². The molecule has 2 nitrogen and oxygen atoms in total. The second-order valence-corrected chi connectivity index (χ2v) is 3.52. The van der Waals surface area contributed by atoms with Gasteiger partial charge in [0.25, 0.3) is 5.19 Å². The Morgan fingerprint density at radius 2 is 2.15 bits per heavy atom. The number of benzene rings is 1. The quantitative estimate of drug-likeness (QED) is 0.727. The summed E-state index contributed by atoms with van der Waals surface area (Å²) >= 11 is 1.49. The molecular weight excluding hydrogens is 182 g/mol. The maximum Gasteiger partial charge on any atom is 0.278 e. The van der Waals surface area contributed by atoms with Crippen LogP contribution in [0.3, 0.4) is 0 Å². The molecule has 0 saturated carbocycles. The zero-order chi connectivity index (χ0) is 9.10. The van der Waals surface area contributed by atoms with Gasteiger partial charge in [0, 0.05) is 11.6 Å². The van der Waals surface area contributed by atoms with Crippen molar-refractivity contribution in [2.75, 3.05) is 0 Å². The van der Waals surface area contributed by atoms with Crippen molar-refractivity contribution in [2.45, 2.75) is 6.92 Å². The Hall–Kier alpha value is -1.35. The fourth-order valence-electron chi connectivity index (χ4n) is 1.03. The van der Waals surface area contributed by atoms with Gasteiger partial charge in [-0.1, -0.05) is 29.5 Å². The van der Waals surface area contributed by atoms with Crippen molar-refractivity contribution in [3.05, 3.63) is 41.4 Å². The predicted molar refractivity (Wildman–Crippen MR) is 53.4 cm³/mol. The van der Waals surface area contributed by atoms with E-state index in [0.717, 1.165) is 11.3 Å². The van der Waals surface area contributed by atoms with Crippen LogP contribution in [0.4, 0.5) is 0 Å². The molecule has 0 amide bonds. The van der Waals surface area contributed by atoms with Crippen molar-refractivity contribution in [2.24, 2.45) is 0 Å². The van der Waals surface area contributed by atoms with Crippen LogP contribution < -0.4 is 4.74 Å². The van der Waals surface area contributed by atoms with Gasteiger partial charge in [0.15, 0.2) is 0 Å². The van der Waals surface area contributed by atoms with Crippen LogP contribution in [0.2, 0.25) is 0 Å². The molecule has 2 rings (SSSR count). The summed E-state index contributed by atoms with van der Waals surface area (Å²) in [5.41, 5.74) is 1.12. The van der Waals surface area contributed by atoms with Crippen LogP contribution in [0.15, 0.2) is 35.8 Å². The highest BCUT2D eigenvalue weighted by molar-refractivity contribution is 7.11. The first kappa shape index (κ1) is 8.26. The molecule has 0 radical (unpaired) electrons. The van der Waals surface area contributed by atoms with Gasteiger partial charge in [-0.25, -0.2) is 4.98 Å². The summed E-state index contributed by atoms with van der Waals surface area (Å²) in [6.45, 7) is 2.02. The van der Waals surface area contributed by atoms with Gasteiger partial charge in [-0.3, -0.25) is 0 Å². The summed E-state index contributed by atoms with van der Waals surface area (Å²) < 4.78 is 5.56. The molecule has 1 aromatic heterocycles. The van der Waals surface area contributed by atoms with Crippen LogP contribution in [0, 0.1) is 6.92 Å². The molecule has 0 N–H and O–H groups in total. The van der Waals surface area contributed by atoms with Gasteiger partial charge < -0.3 is 4.74 Å². The van der Waals surface area contributed by atoms with Gasteiger partial charge >= 0.3 is 0 Å². The molecule has 0 aliphatic carbocycles. The standard InChI is InChI=1S/C10H9NOS/c1-8-4-2-3-5-9(8)12-10-11-6-7-13-10/h2-7H,1H3. The molecule has 1 heterocycles. The molecule has 3 heteroatoms. The number of ether oxygens (including phenoxy) is 1. The summed E-state index contributed by atoms with van der Waals surface area (Å²) in [5, 5.41) is 2.59. The Morgan fingerprint density at radius 1 is 1.31 bits per heavy atom. The van der Waals surface area contributed by atoms with E-state index in [4.69, 9.17) is 4.74 Å². The van der Waals surface area contributed by atoms with Crippen LogP contribution in [0.5, 0.6) is 10.9 Å². The zero-order valence-corrected chi connectivity index (χ0v) is 8.04. The normalized spacial score (nSPS) is 9.92. The first-order valence-electron chi connectivity index (χ1n) is 3.99. The highest BCUT2D eigenvalue weighted by Crippen LogP contribution is 2.25. The summed E-state index contributed by atoms with van der Waals surface area (Å²) in [6, 6.07) is 7.90. The van der Waals surface area contributed by atoms with Gasteiger partial charge in [0.2, 0.25) is 0 Å². The van der Waals surface area contributed by atoms with E-state index >= 15 is 0 Å². The van der Waals surface area contributed by atoms with E-state index in [1.807, 2.05) is 36.6 Å². The number of rotatable bonds is 2. The lowest BCUT2D eigenvalue weighted by Crippen LogP contribution is -1.85. The van der Waals surface area contributed by atoms with Gasteiger partial charge in [0.1, 0.15) is 5.75 Å². The molecule has 0 saturated heterocycles. The SMILES string of the molecule is Cc1ccccc1Oc1nccs1. The number of thiazole rings is 1. The average molecular weight is 191 g/mol. The third-order valence-electron chi connectivity index (χ3n) is 1.70. The third kappa shape index (κ3) is 1.87. The number of aromatic nitrogens is 1. The topological polar surface area (TPSA) is 22.1 Å². The van der Waals surface area contributed by atoms with Crippen LogP contribution in [-0.2, 0) is 0 Å². The van der Waals surface area contributed by atoms with E-state index in [1.165, 1.54) is 11.3 Å². The molecule has 0 bridgehead atoms. The Bertz CT molecular complexity index is 384. The Morgan fingerprint density at radius 3 is 2.85 bits per heavy atom. The number of hydrogen-bond acceptors (Lipinski definition) is 3. The van der Waals surface area contributed by atoms with Crippen molar-refractivity contribution in [1.29, 1.82) is 0 Å². The zero-order valence-electron chi connectivity index (χ0n) is 7.23.